The summed E-state index contributed by atoms with van der Waals surface area (Å²) in [6, 6.07) is 12.1. The summed E-state index contributed by atoms with van der Waals surface area (Å²) in [5, 5.41) is 1.01. The number of ether oxygens (including phenoxy) is 1. The second-order valence-corrected chi connectivity index (χ2v) is 5.91. The van der Waals surface area contributed by atoms with Crippen molar-refractivity contribution in [3.8, 4) is 5.75 Å². The molecule has 1 amide bonds. The Labute approximate surface area is 142 Å². The Bertz CT molecular complexity index is 968. The number of nitrogens with one attached hydrogen (secondary N) is 1. The average molecular weight is 343 g/mol. The van der Waals surface area contributed by atoms with Gasteiger partial charge in [0.2, 0.25) is 0 Å². The molecule has 3 aromatic rings. The number of alkyl halides is 2. The molecule has 0 unspecified atom stereocenters. The number of para-hydroxylation sites is 1. The molecule has 2 aromatic carbocycles. The maximum absolute atomic E-state index is 13.9. The van der Waals surface area contributed by atoms with Crippen molar-refractivity contribution >= 4 is 28.2 Å². The monoisotopic (exact) mass is 343 g/mol. The fourth-order valence-electron chi connectivity index (χ4n) is 3.08. The maximum atomic E-state index is 13.9. The van der Waals surface area contributed by atoms with Crippen LogP contribution in [0, 0.1) is 0 Å². The number of nitrogens with zero attached hydrogens (tertiary/aromatic N) is 1. The van der Waals surface area contributed by atoms with Crippen LogP contribution in [0.25, 0.3) is 10.9 Å². The van der Waals surface area contributed by atoms with E-state index in [1.165, 1.54) is 12.1 Å². The second kappa shape index (κ2) is 5.47. The molecule has 0 radical (unpaired) electrons. The van der Waals surface area contributed by atoms with Crippen molar-refractivity contribution in [1.82, 2.24) is 4.98 Å². The van der Waals surface area contributed by atoms with Gasteiger partial charge in [-0.2, -0.15) is 8.78 Å². The van der Waals surface area contributed by atoms with Gasteiger partial charge >= 0.3 is 12.0 Å². The molecule has 25 heavy (non-hydrogen) atoms. The zero-order valence-corrected chi connectivity index (χ0v) is 13.1. The van der Waals surface area contributed by atoms with Crippen molar-refractivity contribution in [3.63, 3.8) is 0 Å². The van der Waals surface area contributed by atoms with Crippen LogP contribution in [0.15, 0.2) is 48.7 Å². The first-order valence-corrected chi connectivity index (χ1v) is 7.79. The number of nitrogens with two attached hydrogens (primary N) is 1. The molecule has 1 aliphatic rings. The minimum Gasteiger partial charge on any atom is -0.423 e. The molecule has 3 N–H and O–H groups in total. The molecule has 4 rings (SSSR count). The predicted octanol–water partition coefficient (Wildman–Crippen LogP) is 3.31. The lowest BCUT2D eigenvalue weighted by Gasteiger charge is -2.33. The SMILES string of the molecule is Nc1ccc2c(c1)OC(F)(F)C(=O)N2CCc1c[nH]c2ccccc12. The number of amides is 1. The smallest absolute Gasteiger partial charge is 0.423 e. The summed E-state index contributed by atoms with van der Waals surface area (Å²) in [4.78, 5) is 16.3. The van der Waals surface area contributed by atoms with Crippen LogP contribution in [0.5, 0.6) is 5.75 Å². The van der Waals surface area contributed by atoms with Gasteiger partial charge in [-0.25, -0.2) is 0 Å². The number of carbonyl (C=O) groups is 1. The van der Waals surface area contributed by atoms with Gasteiger partial charge in [0.05, 0.1) is 5.69 Å². The van der Waals surface area contributed by atoms with Gasteiger partial charge in [-0.3, -0.25) is 9.69 Å². The summed E-state index contributed by atoms with van der Waals surface area (Å²) in [7, 11) is 0. The summed E-state index contributed by atoms with van der Waals surface area (Å²) < 4.78 is 32.4. The van der Waals surface area contributed by atoms with Crippen LogP contribution in [0.2, 0.25) is 0 Å². The lowest BCUT2D eigenvalue weighted by atomic mass is 10.1. The zero-order valence-electron chi connectivity index (χ0n) is 13.1. The van der Waals surface area contributed by atoms with E-state index in [9.17, 15) is 13.6 Å². The molecule has 0 saturated heterocycles. The minimum atomic E-state index is -3.90. The highest BCUT2D eigenvalue weighted by Crippen LogP contribution is 2.40. The fraction of sp³-hybridized carbons (Fsp3) is 0.167. The van der Waals surface area contributed by atoms with Crippen LogP contribution in [-0.2, 0) is 11.2 Å². The van der Waals surface area contributed by atoms with Gasteiger partial charge in [0.15, 0.2) is 5.75 Å². The Morgan fingerprint density at radius 2 is 2.00 bits per heavy atom. The van der Waals surface area contributed by atoms with E-state index in [0.29, 0.717) is 17.8 Å². The Balaban J connectivity index is 1.66. The first-order chi connectivity index (χ1) is 12.0. The summed E-state index contributed by atoms with van der Waals surface area (Å²) in [5.74, 6) is -1.46. The van der Waals surface area contributed by atoms with Gasteiger partial charge < -0.3 is 15.5 Å². The highest BCUT2D eigenvalue weighted by Gasteiger charge is 2.50. The van der Waals surface area contributed by atoms with Gasteiger partial charge in [0, 0.05) is 35.4 Å². The van der Waals surface area contributed by atoms with Crippen LogP contribution < -0.4 is 15.4 Å². The number of halogens is 2. The summed E-state index contributed by atoms with van der Waals surface area (Å²) in [5.41, 5.74) is 8.14. The molecule has 7 heteroatoms. The molecule has 0 fully saturated rings. The third kappa shape index (κ3) is 2.57. The number of rotatable bonds is 3. The summed E-state index contributed by atoms with van der Waals surface area (Å²) in [6.45, 7) is 0.108. The van der Waals surface area contributed by atoms with Crippen molar-refractivity contribution < 1.29 is 18.3 Å². The van der Waals surface area contributed by atoms with E-state index in [-0.39, 0.29) is 12.3 Å². The fourth-order valence-corrected chi connectivity index (χ4v) is 3.08. The molecular formula is C18H15F2N3O2. The topological polar surface area (TPSA) is 71.3 Å². The lowest BCUT2D eigenvalue weighted by molar-refractivity contribution is -0.192. The molecule has 2 heterocycles. The summed E-state index contributed by atoms with van der Waals surface area (Å²) in [6.07, 6.45) is -1.64. The normalized spacial score (nSPS) is 15.9. The first-order valence-electron chi connectivity index (χ1n) is 7.79. The van der Waals surface area contributed by atoms with E-state index in [2.05, 4.69) is 9.72 Å². The molecule has 1 aromatic heterocycles. The van der Waals surface area contributed by atoms with Crippen LogP contribution in [0.3, 0.4) is 0 Å². The van der Waals surface area contributed by atoms with E-state index >= 15 is 0 Å². The third-order valence-electron chi connectivity index (χ3n) is 4.29. The van der Waals surface area contributed by atoms with Crippen molar-refractivity contribution in [1.29, 1.82) is 0 Å². The van der Waals surface area contributed by atoms with Gasteiger partial charge in [-0.15, -0.1) is 0 Å². The number of nitrogen functional groups attached to an aromatic ring is 1. The Kier molecular flexibility index (Phi) is 3.38. The second-order valence-electron chi connectivity index (χ2n) is 5.91. The number of hydrogen-bond donors (Lipinski definition) is 2. The Hall–Kier alpha value is -3.09. The lowest BCUT2D eigenvalue weighted by Crippen LogP contribution is -2.51. The molecular weight excluding hydrogens is 328 g/mol. The van der Waals surface area contributed by atoms with E-state index in [1.54, 1.807) is 6.07 Å². The van der Waals surface area contributed by atoms with Crippen LogP contribution in [0.1, 0.15) is 5.56 Å². The predicted molar refractivity (Wildman–Crippen MR) is 90.8 cm³/mol. The standard InChI is InChI=1S/C18H15F2N3O2/c19-18(20)17(24)23(15-6-5-12(21)9-16(15)25-18)8-7-11-10-22-14-4-2-1-3-13(11)14/h1-6,9-10,22H,7-8,21H2. The zero-order chi connectivity index (χ0) is 17.6. The van der Waals surface area contributed by atoms with Gasteiger partial charge in [-0.1, -0.05) is 18.2 Å². The number of benzene rings is 2. The van der Waals surface area contributed by atoms with Gasteiger partial charge in [-0.05, 0) is 30.2 Å². The number of carbonyl (C=O) groups excluding carboxylic acids is 1. The van der Waals surface area contributed by atoms with Crippen molar-refractivity contribution in [2.75, 3.05) is 17.2 Å². The number of aromatic amines is 1. The molecule has 5 nitrogen and oxygen atoms in total. The van der Waals surface area contributed by atoms with Crippen molar-refractivity contribution in [2.45, 2.75) is 12.5 Å². The maximum Gasteiger partial charge on any atom is 0.482 e. The van der Waals surface area contributed by atoms with Crippen LogP contribution in [-0.4, -0.2) is 23.5 Å². The Morgan fingerprint density at radius 3 is 2.84 bits per heavy atom. The average Bonchev–Trinajstić information content (AvgIpc) is 2.98. The number of anilines is 2. The molecule has 0 saturated carbocycles. The van der Waals surface area contributed by atoms with Crippen molar-refractivity contribution in [2.24, 2.45) is 0 Å². The van der Waals surface area contributed by atoms with Crippen molar-refractivity contribution in [3.05, 3.63) is 54.2 Å². The molecule has 0 atom stereocenters. The molecule has 0 spiro atoms. The quantitative estimate of drug-likeness (QED) is 0.717. The summed E-state index contributed by atoms with van der Waals surface area (Å²) >= 11 is 0. The van der Waals surface area contributed by atoms with Gasteiger partial charge in [0.1, 0.15) is 0 Å². The van der Waals surface area contributed by atoms with Gasteiger partial charge in [0.25, 0.3) is 0 Å². The van der Waals surface area contributed by atoms with E-state index in [0.717, 1.165) is 21.4 Å². The number of H-pyrrole nitrogens is 1. The third-order valence-corrected chi connectivity index (χ3v) is 4.29. The number of fused-ring (bicyclic) bond motifs is 2. The first kappa shape index (κ1) is 15.4. The molecule has 0 aliphatic carbocycles. The van der Waals surface area contributed by atoms with E-state index in [1.807, 2.05) is 30.5 Å². The minimum absolute atomic E-state index is 0.0940. The molecule has 128 valence electrons. The number of aromatic nitrogens is 1. The largest absolute Gasteiger partial charge is 0.482 e. The molecule has 0 bridgehead atoms. The highest BCUT2D eigenvalue weighted by atomic mass is 19.3. The Morgan fingerprint density at radius 1 is 1.20 bits per heavy atom. The molecule has 1 aliphatic heterocycles. The van der Waals surface area contributed by atoms with E-state index < -0.39 is 12.0 Å². The highest BCUT2D eigenvalue weighted by molar-refractivity contribution is 6.01. The van der Waals surface area contributed by atoms with E-state index in [4.69, 9.17) is 5.73 Å². The number of hydrogen-bond acceptors (Lipinski definition) is 3. The van der Waals surface area contributed by atoms with Crippen LogP contribution in [0.4, 0.5) is 20.2 Å². The van der Waals surface area contributed by atoms with Crippen LogP contribution >= 0.6 is 0 Å².